The lowest BCUT2D eigenvalue weighted by molar-refractivity contribution is -0.140. The van der Waals surface area contributed by atoms with Gasteiger partial charge in [0.1, 0.15) is 18.4 Å². The molecule has 2 amide bonds. The number of nitrogens with one attached hydrogen (secondary N) is 1. The molecule has 0 aromatic heterocycles. The largest absolute Gasteiger partial charge is 0.417 e. The molecule has 1 unspecified atom stereocenters. The summed E-state index contributed by atoms with van der Waals surface area (Å²) in [7, 11) is -4.25. The Labute approximate surface area is 218 Å². The Hall–Kier alpha value is -2.86. The third kappa shape index (κ3) is 8.60. The molecular formula is C24H28ClF4N3O4S. The van der Waals surface area contributed by atoms with E-state index >= 15 is 0 Å². The zero-order valence-corrected chi connectivity index (χ0v) is 22.4. The predicted molar refractivity (Wildman–Crippen MR) is 133 cm³/mol. The normalized spacial score (nSPS) is 13.1. The van der Waals surface area contributed by atoms with Crippen LogP contribution in [-0.2, 0) is 32.3 Å². The monoisotopic (exact) mass is 565 g/mol. The Kier molecular flexibility index (Phi) is 9.24. The van der Waals surface area contributed by atoms with Gasteiger partial charge in [-0.25, -0.2) is 12.8 Å². The maximum Gasteiger partial charge on any atom is 0.417 e. The van der Waals surface area contributed by atoms with E-state index in [1.54, 1.807) is 20.8 Å². The molecule has 2 aromatic carbocycles. The highest BCUT2D eigenvalue weighted by atomic mass is 35.5. The van der Waals surface area contributed by atoms with E-state index in [2.05, 4.69) is 5.32 Å². The molecule has 0 fully saturated rings. The van der Waals surface area contributed by atoms with Crippen molar-refractivity contribution in [1.29, 1.82) is 0 Å². The molecule has 0 aliphatic heterocycles. The lowest BCUT2D eigenvalue weighted by atomic mass is 10.1. The van der Waals surface area contributed by atoms with E-state index in [0.717, 1.165) is 35.4 Å². The van der Waals surface area contributed by atoms with E-state index in [-0.39, 0.29) is 6.54 Å². The van der Waals surface area contributed by atoms with Gasteiger partial charge in [-0.2, -0.15) is 13.2 Å². The van der Waals surface area contributed by atoms with Gasteiger partial charge in [-0.1, -0.05) is 23.7 Å². The summed E-state index contributed by atoms with van der Waals surface area (Å²) in [5, 5.41) is 2.09. The first kappa shape index (κ1) is 30.4. The van der Waals surface area contributed by atoms with Crippen LogP contribution in [0.5, 0.6) is 0 Å². The van der Waals surface area contributed by atoms with Crippen LogP contribution in [0.2, 0.25) is 5.02 Å². The number of benzene rings is 2. The zero-order valence-electron chi connectivity index (χ0n) is 20.9. The third-order valence-electron chi connectivity index (χ3n) is 5.15. The molecule has 0 aliphatic rings. The average molecular weight is 566 g/mol. The van der Waals surface area contributed by atoms with Gasteiger partial charge in [0.15, 0.2) is 0 Å². The maximum atomic E-state index is 13.4. The first-order valence-corrected chi connectivity index (χ1v) is 13.2. The fourth-order valence-electron chi connectivity index (χ4n) is 3.34. The second-order valence-electron chi connectivity index (χ2n) is 9.49. The molecule has 0 saturated heterocycles. The highest BCUT2D eigenvalue weighted by Gasteiger charge is 2.36. The van der Waals surface area contributed by atoms with Crippen molar-refractivity contribution in [1.82, 2.24) is 10.2 Å². The molecule has 0 aliphatic carbocycles. The van der Waals surface area contributed by atoms with Gasteiger partial charge in [0, 0.05) is 12.1 Å². The van der Waals surface area contributed by atoms with Gasteiger partial charge < -0.3 is 10.2 Å². The van der Waals surface area contributed by atoms with Crippen LogP contribution in [0.3, 0.4) is 0 Å². The minimum Gasteiger partial charge on any atom is -0.350 e. The van der Waals surface area contributed by atoms with Crippen LogP contribution in [0.15, 0.2) is 42.5 Å². The molecule has 0 radical (unpaired) electrons. The van der Waals surface area contributed by atoms with E-state index < -0.39 is 68.2 Å². The van der Waals surface area contributed by atoms with Gasteiger partial charge in [0.05, 0.1) is 22.5 Å². The summed E-state index contributed by atoms with van der Waals surface area (Å²) in [5.74, 6) is -1.93. The summed E-state index contributed by atoms with van der Waals surface area (Å²) in [6.07, 6.45) is -4.13. The second kappa shape index (κ2) is 11.3. The Morgan fingerprint density at radius 1 is 1.05 bits per heavy atom. The quantitative estimate of drug-likeness (QED) is 0.474. The minimum atomic E-state index is -4.87. The van der Waals surface area contributed by atoms with Crippen LogP contribution in [0, 0.1) is 5.82 Å². The standard InChI is InChI=1S/C24H28ClF4N3O4S/c1-15(22(34)30-23(2,3)4)31(13-16-6-8-17(26)9-7-16)21(33)14-32(37(5,35)36)18-10-11-20(25)19(12-18)24(27,28)29/h6-12,15H,13-14H2,1-5H3,(H,30,34). The van der Waals surface area contributed by atoms with E-state index in [1.165, 1.54) is 19.1 Å². The smallest absolute Gasteiger partial charge is 0.350 e. The van der Waals surface area contributed by atoms with Crippen LogP contribution >= 0.6 is 11.6 Å². The fourth-order valence-corrected chi connectivity index (χ4v) is 4.41. The van der Waals surface area contributed by atoms with Crippen molar-refractivity contribution >= 4 is 39.1 Å². The van der Waals surface area contributed by atoms with Crippen LogP contribution in [0.25, 0.3) is 0 Å². The number of nitrogens with zero attached hydrogens (tertiary/aromatic N) is 2. The van der Waals surface area contributed by atoms with Crippen molar-refractivity contribution in [2.24, 2.45) is 0 Å². The number of alkyl halides is 3. The van der Waals surface area contributed by atoms with Gasteiger partial charge in [-0.15, -0.1) is 0 Å². The van der Waals surface area contributed by atoms with Crippen LogP contribution in [0.1, 0.15) is 38.8 Å². The lowest BCUT2D eigenvalue weighted by Gasteiger charge is -2.33. The Balaban J connectivity index is 2.49. The summed E-state index contributed by atoms with van der Waals surface area (Å²) in [5.41, 5.74) is -1.90. The van der Waals surface area contributed by atoms with Gasteiger partial charge >= 0.3 is 6.18 Å². The number of carbonyl (C=O) groups excluding carboxylic acids is 2. The topological polar surface area (TPSA) is 86.8 Å². The van der Waals surface area contributed by atoms with Crippen molar-refractivity contribution in [2.75, 3.05) is 17.1 Å². The summed E-state index contributed by atoms with van der Waals surface area (Å²) >= 11 is 5.65. The highest BCUT2D eigenvalue weighted by molar-refractivity contribution is 7.92. The van der Waals surface area contributed by atoms with E-state index in [0.29, 0.717) is 15.9 Å². The molecule has 0 spiro atoms. The molecule has 13 heteroatoms. The molecule has 1 N–H and O–H groups in total. The van der Waals surface area contributed by atoms with Gasteiger partial charge in [-0.3, -0.25) is 13.9 Å². The number of sulfonamides is 1. The third-order valence-corrected chi connectivity index (χ3v) is 6.62. The molecule has 37 heavy (non-hydrogen) atoms. The first-order chi connectivity index (χ1) is 16.8. The fraction of sp³-hybridized carbons (Fsp3) is 0.417. The number of anilines is 1. The number of amides is 2. The van der Waals surface area contributed by atoms with Crippen LogP contribution in [0.4, 0.5) is 23.2 Å². The van der Waals surface area contributed by atoms with Gasteiger partial charge in [-0.05, 0) is 63.6 Å². The van der Waals surface area contributed by atoms with E-state index in [1.807, 2.05) is 0 Å². The summed E-state index contributed by atoms with van der Waals surface area (Å²) in [4.78, 5) is 27.4. The second-order valence-corrected chi connectivity index (χ2v) is 11.8. The Morgan fingerprint density at radius 2 is 1.62 bits per heavy atom. The number of rotatable bonds is 8. The van der Waals surface area contributed by atoms with Crippen molar-refractivity contribution in [3.8, 4) is 0 Å². The SMILES string of the molecule is CC(C(=O)NC(C)(C)C)N(Cc1ccc(F)cc1)C(=O)CN(c1ccc(Cl)c(C(F)(F)F)c1)S(C)(=O)=O. The van der Waals surface area contributed by atoms with E-state index in [4.69, 9.17) is 11.6 Å². The zero-order chi connectivity index (χ0) is 28.3. The molecule has 2 aromatic rings. The summed E-state index contributed by atoms with van der Waals surface area (Å²) in [6, 6.07) is 6.48. The number of carbonyl (C=O) groups is 2. The van der Waals surface area contributed by atoms with Crippen LogP contribution < -0.4 is 9.62 Å². The molecule has 1 atom stereocenters. The average Bonchev–Trinajstić information content (AvgIpc) is 2.74. The molecule has 0 bridgehead atoms. The molecule has 204 valence electrons. The number of halogens is 5. The van der Waals surface area contributed by atoms with Crippen molar-refractivity contribution in [3.63, 3.8) is 0 Å². The lowest BCUT2D eigenvalue weighted by Crippen LogP contribution is -2.54. The molecule has 2 rings (SSSR count). The molecule has 7 nitrogen and oxygen atoms in total. The minimum absolute atomic E-state index is 0.191. The maximum absolute atomic E-state index is 13.4. The highest BCUT2D eigenvalue weighted by Crippen LogP contribution is 2.37. The van der Waals surface area contributed by atoms with Crippen molar-refractivity contribution < 1.29 is 35.6 Å². The van der Waals surface area contributed by atoms with E-state index in [9.17, 15) is 35.6 Å². The molecule has 0 heterocycles. The Bertz CT molecular complexity index is 1250. The molecule has 0 saturated carbocycles. The number of hydrogen-bond donors (Lipinski definition) is 1. The summed E-state index contributed by atoms with van der Waals surface area (Å²) < 4.78 is 79.1. The first-order valence-electron chi connectivity index (χ1n) is 11.0. The molecular weight excluding hydrogens is 538 g/mol. The predicted octanol–water partition coefficient (Wildman–Crippen LogP) is 4.60. The van der Waals surface area contributed by atoms with Crippen molar-refractivity contribution in [3.05, 3.63) is 64.4 Å². The van der Waals surface area contributed by atoms with Gasteiger partial charge in [0.25, 0.3) is 0 Å². The summed E-state index contributed by atoms with van der Waals surface area (Å²) in [6.45, 7) is 5.53. The van der Waals surface area contributed by atoms with Crippen molar-refractivity contribution in [2.45, 2.75) is 52.0 Å². The van der Waals surface area contributed by atoms with Gasteiger partial charge in [0.2, 0.25) is 21.8 Å². The Morgan fingerprint density at radius 3 is 2.11 bits per heavy atom. The van der Waals surface area contributed by atoms with Crippen LogP contribution in [-0.4, -0.2) is 49.5 Å². The number of hydrogen-bond acceptors (Lipinski definition) is 4.